The van der Waals surface area contributed by atoms with Gasteiger partial charge in [0.2, 0.25) is 0 Å². The Morgan fingerprint density at radius 3 is 1.92 bits per heavy atom. The van der Waals surface area contributed by atoms with Gasteiger partial charge >= 0.3 is 165 Å². The first kappa shape index (κ1) is 23.3. The molecule has 0 aliphatic heterocycles. The van der Waals surface area contributed by atoms with Crippen LogP contribution in [0, 0.1) is 0 Å². The van der Waals surface area contributed by atoms with Crippen LogP contribution in [-0.4, -0.2) is 30.5 Å². The van der Waals surface area contributed by atoms with Gasteiger partial charge in [0.25, 0.3) is 0 Å². The normalized spacial score (nSPS) is 11.6. The topological polar surface area (TPSA) is 38.3 Å². The van der Waals surface area contributed by atoms with Gasteiger partial charge < -0.3 is 0 Å². The van der Waals surface area contributed by atoms with Crippen LogP contribution in [0.15, 0.2) is 24.3 Å². The maximum atomic E-state index is 12.2. The molecule has 1 aromatic rings. The fraction of sp³-hybridized carbons (Fsp3) is 0.682. The molecule has 0 radical (unpaired) electrons. The van der Waals surface area contributed by atoms with Crippen LogP contribution in [0.4, 0.5) is 4.79 Å². The average Bonchev–Trinajstić information content (AvgIpc) is 2.61. The standard InChI is InChI=1S/C10H12NO2.3C4H9.Sn/c1-8(2)11-10(12)13-9-6-4-3-5-7-9;3*1-3-4-2;/h3-6,8H,1-2H3,(H,11,12);3*1,3-4H2,2H3;. The Morgan fingerprint density at radius 2 is 1.46 bits per heavy atom. The van der Waals surface area contributed by atoms with Crippen molar-refractivity contribution >= 4 is 28.0 Å². The number of amides is 1. The zero-order valence-electron chi connectivity index (χ0n) is 17.6. The van der Waals surface area contributed by atoms with E-state index in [4.69, 9.17) is 4.74 Å². The predicted octanol–water partition coefficient (Wildman–Crippen LogP) is 6.24. The van der Waals surface area contributed by atoms with Crippen molar-refractivity contribution in [3.05, 3.63) is 24.3 Å². The Hall–Kier alpha value is -0.711. The Morgan fingerprint density at radius 1 is 0.962 bits per heavy atom. The maximum absolute atomic E-state index is 12.2. The summed E-state index contributed by atoms with van der Waals surface area (Å²) in [5.41, 5.74) is 0. The van der Waals surface area contributed by atoms with Crippen molar-refractivity contribution in [2.75, 3.05) is 0 Å². The van der Waals surface area contributed by atoms with Crippen LogP contribution in [0.1, 0.15) is 73.1 Å². The number of para-hydroxylation sites is 1. The molecule has 0 saturated carbocycles. The van der Waals surface area contributed by atoms with Gasteiger partial charge in [-0.1, -0.05) is 0 Å². The fourth-order valence-electron chi connectivity index (χ4n) is 3.68. The van der Waals surface area contributed by atoms with E-state index in [2.05, 4.69) is 38.2 Å². The third-order valence-electron chi connectivity index (χ3n) is 5.09. The van der Waals surface area contributed by atoms with Crippen LogP contribution >= 0.6 is 0 Å². The van der Waals surface area contributed by atoms with E-state index >= 15 is 0 Å². The monoisotopic (exact) mass is 469 g/mol. The number of hydrogen-bond donors (Lipinski definition) is 1. The number of unbranched alkanes of at least 4 members (excludes halogenated alkanes) is 3. The summed E-state index contributed by atoms with van der Waals surface area (Å²) in [6.45, 7) is 10.8. The van der Waals surface area contributed by atoms with Gasteiger partial charge in [-0.3, -0.25) is 0 Å². The number of ether oxygens (including phenoxy) is 1. The summed E-state index contributed by atoms with van der Waals surface area (Å²) in [6, 6.07) is 8.50. The Balaban J connectivity index is 3.22. The second-order valence-electron chi connectivity index (χ2n) is 7.78. The van der Waals surface area contributed by atoms with Crippen molar-refractivity contribution < 1.29 is 9.53 Å². The van der Waals surface area contributed by atoms with E-state index in [9.17, 15) is 4.79 Å². The van der Waals surface area contributed by atoms with Crippen LogP contribution in [-0.2, 0) is 0 Å². The van der Waals surface area contributed by atoms with Crippen molar-refractivity contribution in [2.45, 2.75) is 92.5 Å². The van der Waals surface area contributed by atoms with Crippen molar-refractivity contribution in [3.63, 3.8) is 0 Å². The molecule has 3 nitrogen and oxygen atoms in total. The Kier molecular flexibility index (Phi) is 11.3. The molecule has 0 aromatic heterocycles. The second kappa shape index (κ2) is 12.6. The van der Waals surface area contributed by atoms with Crippen LogP contribution in [0.2, 0.25) is 13.3 Å². The quantitative estimate of drug-likeness (QED) is 0.369. The minimum atomic E-state index is -2.61. The first-order chi connectivity index (χ1) is 12.5. The van der Waals surface area contributed by atoms with Gasteiger partial charge in [0.1, 0.15) is 0 Å². The van der Waals surface area contributed by atoms with Gasteiger partial charge in [-0.05, 0) is 0 Å². The first-order valence-electron chi connectivity index (χ1n) is 10.6. The van der Waals surface area contributed by atoms with E-state index in [1.807, 2.05) is 26.0 Å². The summed E-state index contributed by atoms with van der Waals surface area (Å²) >= 11 is -2.61. The predicted molar refractivity (Wildman–Crippen MR) is 115 cm³/mol. The number of benzene rings is 1. The molecule has 0 spiro atoms. The summed E-state index contributed by atoms with van der Waals surface area (Å²) in [5.74, 6) is 0.824. The SMILES string of the molecule is CCC[CH2][Sn]([CH2]CCC)([CH2]CCC)[c]1ccccc1OC(=O)NC(C)C. The molecular formula is C22H39NO2Sn. The van der Waals surface area contributed by atoms with Crippen molar-refractivity contribution in [3.8, 4) is 5.75 Å². The summed E-state index contributed by atoms with van der Waals surface area (Å²) in [7, 11) is 0. The second-order valence-corrected chi connectivity index (χ2v) is 20.9. The third-order valence-corrected chi connectivity index (χ3v) is 20.8. The molecule has 0 fully saturated rings. The molecule has 0 atom stereocenters. The van der Waals surface area contributed by atoms with Crippen LogP contribution in [0.5, 0.6) is 5.75 Å². The number of hydrogen-bond acceptors (Lipinski definition) is 2. The summed E-state index contributed by atoms with van der Waals surface area (Å²) in [4.78, 5) is 12.2. The van der Waals surface area contributed by atoms with E-state index in [-0.39, 0.29) is 12.1 Å². The number of rotatable bonds is 12. The molecule has 0 heterocycles. The van der Waals surface area contributed by atoms with Crippen LogP contribution in [0.25, 0.3) is 0 Å². The molecular weight excluding hydrogens is 429 g/mol. The molecule has 26 heavy (non-hydrogen) atoms. The van der Waals surface area contributed by atoms with Crippen molar-refractivity contribution in [1.82, 2.24) is 5.32 Å². The molecule has 0 aliphatic carbocycles. The number of carbonyl (C=O) groups is 1. The fourth-order valence-corrected chi connectivity index (χ4v) is 20.1. The van der Waals surface area contributed by atoms with Crippen molar-refractivity contribution in [2.24, 2.45) is 0 Å². The molecule has 0 aliphatic rings. The van der Waals surface area contributed by atoms with E-state index in [0.29, 0.717) is 0 Å². The van der Waals surface area contributed by atoms with E-state index in [0.717, 1.165) is 5.75 Å². The minimum absolute atomic E-state index is 0.0863. The van der Waals surface area contributed by atoms with Gasteiger partial charge in [-0.2, -0.15) is 0 Å². The zero-order valence-corrected chi connectivity index (χ0v) is 20.4. The summed E-state index contributed by atoms with van der Waals surface area (Å²) in [5, 5.41) is 2.86. The van der Waals surface area contributed by atoms with Gasteiger partial charge in [-0.25, -0.2) is 0 Å². The van der Waals surface area contributed by atoms with Crippen molar-refractivity contribution in [1.29, 1.82) is 0 Å². The molecule has 1 aromatic carbocycles. The Bertz CT molecular complexity index is 509. The van der Waals surface area contributed by atoms with Gasteiger partial charge in [0.05, 0.1) is 0 Å². The molecule has 0 unspecified atom stereocenters. The van der Waals surface area contributed by atoms with Gasteiger partial charge in [0.15, 0.2) is 0 Å². The molecule has 1 amide bonds. The van der Waals surface area contributed by atoms with Crippen LogP contribution < -0.4 is 13.6 Å². The van der Waals surface area contributed by atoms with Gasteiger partial charge in [-0.15, -0.1) is 0 Å². The number of carbonyl (C=O) groups excluding carboxylic acids is 1. The third kappa shape index (κ3) is 7.50. The number of nitrogens with one attached hydrogen (secondary N) is 1. The molecule has 1 rings (SSSR count). The van der Waals surface area contributed by atoms with E-state index in [1.165, 1.54) is 55.4 Å². The molecule has 148 valence electrons. The zero-order chi connectivity index (χ0) is 19.4. The molecule has 0 saturated heterocycles. The molecule has 0 bridgehead atoms. The summed E-state index contributed by atoms with van der Waals surface area (Å²) in [6.07, 6.45) is 7.31. The molecule has 1 N–H and O–H groups in total. The molecule has 4 heteroatoms. The Labute approximate surface area is 165 Å². The van der Waals surface area contributed by atoms with E-state index < -0.39 is 18.4 Å². The first-order valence-corrected chi connectivity index (χ1v) is 18.0. The summed E-state index contributed by atoms with van der Waals surface area (Å²) < 4.78 is 11.3. The van der Waals surface area contributed by atoms with Crippen LogP contribution in [0.3, 0.4) is 0 Å². The van der Waals surface area contributed by atoms with Gasteiger partial charge in [0, 0.05) is 0 Å². The average molecular weight is 468 g/mol. The van der Waals surface area contributed by atoms with E-state index in [1.54, 1.807) is 0 Å².